The number of aromatic nitrogens is 1. The van der Waals surface area contributed by atoms with Crippen molar-refractivity contribution >= 4 is 23.1 Å². The summed E-state index contributed by atoms with van der Waals surface area (Å²) in [6.45, 7) is 6.46. The van der Waals surface area contributed by atoms with Crippen molar-refractivity contribution < 1.29 is 4.39 Å². The zero-order valence-corrected chi connectivity index (χ0v) is 14.2. The van der Waals surface area contributed by atoms with Crippen LogP contribution in [0.15, 0.2) is 34.5 Å². The third-order valence-corrected chi connectivity index (χ3v) is 5.15. The molecule has 0 saturated heterocycles. The van der Waals surface area contributed by atoms with Crippen molar-refractivity contribution in [3.8, 4) is 0 Å². The number of thiazole rings is 1. The maximum absolute atomic E-state index is 13.5. The number of nitrogens with zero attached hydrogens (tertiary/aromatic N) is 1. The Kier molecular flexibility index (Phi) is 5.41. The first-order valence-electron chi connectivity index (χ1n) is 6.94. The van der Waals surface area contributed by atoms with Crippen LogP contribution in [0.2, 0.25) is 0 Å². The standard InChI is InChI=1S/C16H21FN2S2/c1-16(2,3)14-10-21-15(19-14)8-11(18)9-20-13-7-5-4-6-12(13)17/h4-7,10-11H,8-9,18H2,1-3H3. The van der Waals surface area contributed by atoms with Crippen LogP contribution in [-0.2, 0) is 11.8 Å². The van der Waals surface area contributed by atoms with Gasteiger partial charge in [-0.05, 0) is 12.1 Å². The molecule has 1 unspecified atom stereocenters. The number of hydrogen-bond donors (Lipinski definition) is 1. The number of benzene rings is 1. The molecule has 0 saturated carbocycles. The number of thioether (sulfide) groups is 1. The summed E-state index contributed by atoms with van der Waals surface area (Å²) in [5.74, 6) is 0.504. The molecule has 0 fully saturated rings. The van der Waals surface area contributed by atoms with Crippen molar-refractivity contribution in [2.75, 3.05) is 5.75 Å². The highest BCUT2D eigenvalue weighted by Gasteiger charge is 2.18. The molecule has 0 bridgehead atoms. The minimum absolute atomic E-state index is 0.0198. The number of halogens is 1. The lowest BCUT2D eigenvalue weighted by Gasteiger charge is -2.14. The second-order valence-corrected chi connectivity index (χ2v) is 8.09. The maximum Gasteiger partial charge on any atom is 0.136 e. The van der Waals surface area contributed by atoms with Gasteiger partial charge in [0, 0.05) is 33.9 Å². The van der Waals surface area contributed by atoms with Gasteiger partial charge in [-0.25, -0.2) is 9.37 Å². The van der Waals surface area contributed by atoms with Crippen LogP contribution >= 0.6 is 23.1 Å². The van der Waals surface area contributed by atoms with E-state index >= 15 is 0 Å². The maximum atomic E-state index is 13.5. The zero-order chi connectivity index (χ0) is 15.5. The fraction of sp³-hybridized carbons (Fsp3) is 0.438. The number of nitrogens with two attached hydrogens (primary N) is 1. The van der Waals surface area contributed by atoms with E-state index in [1.807, 2.05) is 6.07 Å². The van der Waals surface area contributed by atoms with Gasteiger partial charge in [0.15, 0.2) is 0 Å². The molecule has 2 N–H and O–H groups in total. The SMILES string of the molecule is CC(C)(C)c1csc(CC(N)CSc2ccccc2F)n1. The summed E-state index contributed by atoms with van der Waals surface area (Å²) >= 11 is 3.12. The van der Waals surface area contributed by atoms with Crippen LogP contribution in [0, 0.1) is 5.82 Å². The average Bonchev–Trinajstić information content (AvgIpc) is 2.86. The molecule has 2 rings (SSSR count). The van der Waals surface area contributed by atoms with Crippen LogP contribution in [-0.4, -0.2) is 16.8 Å². The topological polar surface area (TPSA) is 38.9 Å². The number of hydrogen-bond acceptors (Lipinski definition) is 4. The van der Waals surface area contributed by atoms with Gasteiger partial charge in [-0.2, -0.15) is 0 Å². The fourth-order valence-corrected chi connectivity index (χ4v) is 3.80. The van der Waals surface area contributed by atoms with Gasteiger partial charge in [0.05, 0.1) is 10.7 Å². The Labute approximate surface area is 134 Å². The average molecular weight is 324 g/mol. The Morgan fingerprint density at radius 3 is 2.67 bits per heavy atom. The third-order valence-electron chi connectivity index (χ3n) is 3.05. The summed E-state index contributed by atoms with van der Waals surface area (Å²) in [7, 11) is 0. The van der Waals surface area contributed by atoms with E-state index in [4.69, 9.17) is 5.73 Å². The molecule has 2 nitrogen and oxygen atoms in total. The van der Waals surface area contributed by atoms with Crippen molar-refractivity contribution in [2.45, 2.75) is 43.5 Å². The molecule has 1 aromatic heterocycles. The van der Waals surface area contributed by atoms with E-state index in [-0.39, 0.29) is 17.3 Å². The van der Waals surface area contributed by atoms with Gasteiger partial charge >= 0.3 is 0 Å². The van der Waals surface area contributed by atoms with Gasteiger partial charge in [-0.3, -0.25) is 0 Å². The molecule has 5 heteroatoms. The molecule has 1 atom stereocenters. The van der Waals surface area contributed by atoms with Crippen molar-refractivity contribution in [3.05, 3.63) is 46.2 Å². The molecule has 0 aliphatic carbocycles. The monoisotopic (exact) mass is 324 g/mol. The highest BCUT2D eigenvalue weighted by atomic mass is 32.2. The van der Waals surface area contributed by atoms with Gasteiger partial charge < -0.3 is 5.73 Å². The molecule has 1 heterocycles. The Bertz CT molecular complexity index is 590. The highest BCUT2D eigenvalue weighted by molar-refractivity contribution is 7.99. The Hall–Kier alpha value is -0.910. The minimum Gasteiger partial charge on any atom is -0.327 e. The van der Waals surface area contributed by atoms with Crippen molar-refractivity contribution in [3.63, 3.8) is 0 Å². The second kappa shape index (κ2) is 6.90. The van der Waals surface area contributed by atoms with Crippen molar-refractivity contribution in [2.24, 2.45) is 5.73 Å². The molecule has 1 aromatic carbocycles. The van der Waals surface area contributed by atoms with E-state index in [0.717, 1.165) is 17.1 Å². The van der Waals surface area contributed by atoms with Crippen LogP contribution in [0.5, 0.6) is 0 Å². The Balaban J connectivity index is 1.89. The quantitative estimate of drug-likeness (QED) is 0.836. The highest BCUT2D eigenvalue weighted by Crippen LogP contribution is 2.26. The molecule has 0 radical (unpaired) electrons. The second-order valence-electron chi connectivity index (χ2n) is 6.08. The van der Waals surface area contributed by atoms with Gasteiger partial charge in [-0.15, -0.1) is 23.1 Å². The zero-order valence-electron chi connectivity index (χ0n) is 12.6. The molecule has 21 heavy (non-hydrogen) atoms. The predicted molar refractivity (Wildman–Crippen MR) is 89.6 cm³/mol. The molecule has 0 spiro atoms. The predicted octanol–water partition coefficient (Wildman–Crippen LogP) is 4.24. The lowest BCUT2D eigenvalue weighted by molar-refractivity contribution is 0.569. The molecular weight excluding hydrogens is 303 g/mol. The summed E-state index contributed by atoms with van der Waals surface area (Å²) in [6, 6.07) is 6.78. The summed E-state index contributed by atoms with van der Waals surface area (Å²) in [5.41, 5.74) is 7.32. The van der Waals surface area contributed by atoms with Crippen molar-refractivity contribution in [1.29, 1.82) is 0 Å². The first kappa shape index (κ1) is 16.5. The fourth-order valence-electron chi connectivity index (χ4n) is 1.79. The van der Waals surface area contributed by atoms with E-state index < -0.39 is 0 Å². The van der Waals surface area contributed by atoms with E-state index in [0.29, 0.717) is 10.6 Å². The van der Waals surface area contributed by atoms with E-state index in [1.54, 1.807) is 23.5 Å². The lowest BCUT2D eigenvalue weighted by atomic mass is 9.93. The first-order chi connectivity index (χ1) is 9.86. The summed E-state index contributed by atoms with van der Waals surface area (Å²) in [6.07, 6.45) is 0.738. The summed E-state index contributed by atoms with van der Waals surface area (Å²) in [4.78, 5) is 5.30. The van der Waals surface area contributed by atoms with Crippen LogP contribution < -0.4 is 5.73 Å². The molecule has 114 valence electrons. The molecular formula is C16H21FN2S2. The Morgan fingerprint density at radius 1 is 1.33 bits per heavy atom. The molecule has 0 aliphatic rings. The Morgan fingerprint density at radius 2 is 2.05 bits per heavy atom. The van der Waals surface area contributed by atoms with E-state index in [2.05, 4.69) is 31.1 Å². The van der Waals surface area contributed by atoms with Crippen LogP contribution in [0.25, 0.3) is 0 Å². The van der Waals surface area contributed by atoms with E-state index in [9.17, 15) is 4.39 Å². The van der Waals surface area contributed by atoms with Crippen LogP contribution in [0.4, 0.5) is 4.39 Å². The summed E-state index contributed by atoms with van der Waals surface area (Å²) in [5, 5.41) is 3.16. The lowest BCUT2D eigenvalue weighted by Crippen LogP contribution is -2.25. The van der Waals surface area contributed by atoms with Gasteiger partial charge in [0.25, 0.3) is 0 Å². The smallest absolute Gasteiger partial charge is 0.136 e. The molecule has 0 amide bonds. The summed E-state index contributed by atoms with van der Waals surface area (Å²) < 4.78 is 13.5. The van der Waals surface area contributed by atoms with Crippen LogP contribution in [0.3, 0.4) is 0 Å². The van der Waals surface area contributed by atoms with Crippen molar-refractivity contribution in [1.82, 2.24) is 4.98 Å². The van der Waals surface area contributed by atoms with Gasteiger partial charge in [0.1, 0.15) is 5.82 Å². The first-order valence-corrected chi connectivity index (χ1v) is 8.80. The van der Waals surface area contributed by atoms with Gasteiger partial charge in [-0.1, -0.05) is 32.9 Å². The third kappa shape index (κ3) is 4.80. The molecule has 2 aromatic rings. The largest absolute Gasteiger partial charge is 0.327 e. The minimum atomic E-state index is -0.182. The van der Waals surface area contributed by atoms with Gasteiger partial charge in [0.2, 0.25) is 0 Å². The van der Waals surface area contributed by atoms with Crippen LogP contribution in [0.1, 0.15) is 31.5 Å². The van der Waals surface area contributed by atoms with E-state index in [1.165, 1.54) is 17.8 Å². The number of rotatable bonds is 5. The normalized spacial score (nSPS) is 13.4. The molecule has 0 aliphatic heterocycles.